The molecule has 0 heterocycles. The molecule has 1 N–H and O–H groups in total. The summed E-state index contributed by atoms with van der Waals surface area (Å²) in [5.41, 5.74) is 3.00. The number of anilines is 1. The highest BCUT2D eigenvalue weighted by Gasteiger charge is 2.34. The number of amides is 2. The number of nitrogens with zero attached hydrogens (tertiary/aromatic N) is 2. The van der Waals surface area contributed by atoms with Gasteiger partial charge in [0.05, 0.1) is 17.7 Å². The monoisotopic (exact) mass is 613 g/mol. The van der Waals surface area contributed by atoms with Crippen molar-refractivity contribution in [2.24, 2.45) is 0 Å². The van der Waals surface area contributed by atoms with E-state index in [4.69, 9.17) is 4.74 Å². The number of benzene rings is 4. The molecule has 1 atom stereocenters. The molecule has 4 aromatic carbocycles. The first-order valence-corrected chi connectivity index (χ1v) is 16.1. The SMILES string of the molecule is CCCNC(=O)C(Cc1ccccc1)N(Cc1ccccc1)C(=O)CN(c1ccc(C)cc1)S(=O)(=O)c1ccc(OC)cc1. The smallest absolute Gasteiger partial charge is 0.264 e. The van der Waals surface area contributed by atoms with Gasteiger partial charge in [-0.2, -0.15) is 0 Å². The molecule has 4 rings (SSSR count). The number of hydrogen-bond acceptors (Lipinski definition) is 5. The number of nitrogens with one attached hydrogen (secondary N) is 1. The lowest BCUT2D eigenvalue weighted by atomic mass is 10.0. The third-order valence-electron chi connectivity index (χ3n) is 7.26. The molecule has 0 saturated carbocycles. The largest absolute Gasteiger partial charge is 0.497 e. The van der Waals surface area contributed by atoms with Crippen LogP contribution in [-0.4, -0.2) is 51.4 Å². The summed E-state index contributed by atoms with van der Waals surface area (Å²) in [6.07, 6.45) is 1.00. The zero-order chi connectivity index (χ0) is 31.5. The Hall–Kier alpha value is -4.63. The van der Waals surface area contributed by atoms with Gasteiger partial charge in [0, 0.05) is 19.5 Å². The van der Waals surface area contributed by atoms with Crippen LogP contribution in [0.15, 0.2) is 114 Å². The van der Waals surface area contributed by atoms with Crippen molar-refractivity contribution < 1.29 is 22.7 Å². The molecule has 44 heavy (non-hydrogen) atoms. The van der Waals surface area contributed by atoms with E-state index in [1.165, 1.54) is 24.1 Å². The molecule has 0 spiro atoms. The normalized spacial score (nSPS) is 11.8. The van der Waals surface area contributed by atoms with Crippen molar-refractivity contribution in [3.8, 4) is 5.75 Å². The van der Waals surface area contributed by atoms with Crippen molar-refractivity contribution in [2.75, 3.05) is 24.5 Å². The zero-order valence-electron chi connectivity index (χ0n) is 25.3. The van der Waals surface area contributed by atoms with Gasteiger partial charge >= 0.3 is 0 Å². The number of methoxy groups -OCH3 is 1. The van der Waals surface area contributed by atoms with Crippen LogP contribution in [0.3, 0.4) is 0 Å². The highest BCUT2D eigenvalue weighted by Crippen LogP contribution is 2.26. The maximum absolute atomic E-state index is 14.4. The zero-order valence-corrected chi connectivity index (χ0v) is 26.2. The molecule has 4 aromatic rings. The van der Waals surface area contributed by atoms with E-state index in [-0.39, 0.29) is 23.8 Å². The van der Waals surface area contributed by atoms with Gasteiger partial charge < -0.3 is 15.0 Å². The van der Waals surface area contributed by atoms with Crippen LogP contribution in [0.2, 0.25) is 0 Å². The number of carbonyl (C=O) groups excluding carboxylic acids is 2. The minimum atomic E-state index is -4.18. The number of carbonyl (C=O) groups is 2. The summed E-state index contributed by atoms with van der Waals surface area (Å²) in [4.78, 5) is 29.6. The lowest BCUT2D eigenvalue weighted by molar-refractivity contribution is -0.140. The number of ether oxygens (including phenoxy) is 1. The Morgan fingerprint density at radius 3 is 1.98 bits per heavy atom. The van der Waals surface area contributed by atoms with Crippen molar-refractivity contribution in [1.82, 2.24) is 10.2 Å². The fourth-order valence-electron chi connectivity index (χ4n) is 4.81. The molecule has 0 aliphatic carbocycles. The van der Waals surface area contributed by atoms with Crippen LogP contribution in [0, 0.1) is 6.92 Å². The van der Waals surface area contributed by atoms with E-state index in [2.05, 4.69) is 5.32 Å². The third-order valence-corrected chi connectivity index (χ3v) is 9.05. The van der Waals surface area contributed by atoms with Crippen LogP contribution in [0.1, 0.15) is 30.0 Å². The number of aryl methyl sites for hydroxylation is 1. The molecule has 8 nitrogen and oxygen atoms in total. The minimum absolute atomic E-state index is 0.0165. The highest BCUT2D eigenvalue weighted by molar-refractivity contribution is 7.92. The molecule has 0 bridgehead atoms. The molecule has 0 radical (unpaired) electrons. The predicted octanol–water partition coefficient (Wildman–Crippen LogP) is 5.37. The Labute approximate surface area is 260 Å². The van der Waals surface area contributed by atoms with Gasteiger partial charge in [-0.15, -0.1) is 0 Å². The molecule has 0 aliphatic rings. The maximum atomic E-state index is 14.4. The molecule has 1 unspecified atom stereocenters. The van der Waals surface area contributed by atoms with E-state index < -0.39 is 28.5 Å². The summed E-state index contributed by atoms with van der Waals surface area (Å²) >= 11 is 0. The summed E-state index contributed by atoms with van der Waals surface area (Å²) in [5.74, 6) is -0.281. The van der Waals surface area contributed by atoms with E-state index in [1.807, 2.05) is 74.5 Å². The molecule has 230 valence electrons. The summed E-state index contributed by atoms with van der Waals surface area (Å²) in [7, 11) is -2.68. The number of hydrogen-bond donors (Lipinski definition) is 1. The van der Waals surface area contributed by atoms with E-state index in [0.717, 1.165) is 27.4 Å². The topological polar surface area (TPSA) is 96.0 Å². The molecule has 0 aromatic heterocycles. The van der Waals surface area contributed by atoms with E-state index in [1.54, 1.807) is 36.4 Å². The molecule has 0 aliphatic heterocycles. The van der Waals surface area contributed by atoms with Crippen molar-refractivity contribution in [1.29, 1.82) is 0 Å². The van der Waals surface area contributed by atoms with Crippen LogP contribution >= 0.6 is 0 Å². The Morgan fingerprint density at radius 2 is 1.41 bits per heavy atom. The van der Waals surface area contributed by atoms with Crippen molar-refractivity contribution in [2.45, 2.75) is 44.2 Å². The van der Waals surface area contributed by atoms with Gasteiger partial charge in [-0.3, -0.25) is 13.9 Å². The lowest BCUT2D eigenvalue weighted by Crippen LogP contribution is -2.53. The molecule has 0 saturated heterocycles. The molecular weight excluding hydrogens is 574 g/mol. The average molecular weight is 614 g/mol. The van der Waals surface area contributed by atoms with Crippen LogP contribution in [-0.2, 0) is 32.6 Å². The average Bonchev–Trinajstić information content (AvgIpc) is 3.05. The fourth-order valence-corrected chi connectivity index (χ4v) is 6.23. The Balaban J connectivity index is 1.77. The van der Waals surface area contributed by atoms with Crippen LogP contribution in [0.25, 0.3) is 0 Å². The van der Waals surface area contributed by atoms with Crippen molar-refractivity contribution in [3.05, 3.63) is 126 Å². The van der Waals surface area contributed by atoms with Gasteiger partial charge in [-0.1, -0.05) is 85.3 Å². The Kier molecular flexibility index (Phi) is 11.2. The molecule has 9 heteroatoms. The summed E-state index contributed by atoms with van der Waals surface area (Å²) in [5, 5.41) is 2.96. The summed E-state index contributed by atoms with van der Waals surface area (Å²) in [6.45, 7) is 3.95. The Morgan fingerprint density at radius 1 is 0.818 bits per heavy atom. The summed E-state index contributed by atoms with van der Waals surface area (Å²) < 4.78 is 34.5. The van der Waals surface area contributed by atoms with Gasteiger partial charge in [0.2, 0.25) is 11.8 Å². The van der Waals surface area contributed by atoms with Crippen LogP contribution < -0.4 is 14.4 Å². The van der Waals surface area contributed by atoms with Gasteiger partial charge in [0.1, 0.15) is 18.3 Å². The Bertz CT molecular complexity index is 1610. The lowest BCUT2D eigenvalue weighted by Gasteiger charge is -2.34. The standard InChI is InChI=1S/C35H39N3O5S/c1-4-23-36-35(40)33(24-28-11-7-5-8-12-28)37(25-29-13-9-6-10-14-29)34(39)26-38(30-17-15-27(2)16-18-30)44(41,42)32-21-19-31(43-3)20-22-32/h5-22,33H,4,23-26H2,1-3H3,(H,36,40). The van der Waals surface area contributed by atoms with Gasteiger partial charge in [0.25, 0.3) is 10.0 Å². The molecular formula is C35H39N3O5S. The first-order valence-electron chi connectivity index (χ1n) is 14.6. The predicted molar refractivity (Wildman–Crippen MR) is 173 cm³/mol. The first kappa shape index (κ1) is 32.3. The van der Waals surface area contributed by atoms with E-state index >= 15 is 0 Å². The number of sulfonamides is 1. The van der Waals surface area contributed by atoms with E-state index in [9.17, 15) is 18.0 Å². The van der Waals surface area contributed by atoms with Gasteiger partial charge in [0.15, 0.2) is 0 Å². The minimum Gasteiger partial charge on any atom is -0.497 e. The second kappa shape index (κ2) is 15.2. The van der Waals surface area contributed by atoms with E-state index in [0.29, 0.717) is 18.0 Å². The van der Waals surface area contributed by atoms with Crippen LogP contribution in [0.5, 0.6) is 5.75 Å². The van der Waals surface area contributed by atoms with Crippen LogP contribution in [0.4, 0.5) is 5.69 Å². The molecule has 0 fully saturated rings. The second-order valence-corrected chi connectivity index (χ2v) is 12.4. The maximum Gasteiger partial charge on any atom is 0.264 e. The quantitative estimate of drug-likeness (QED) is 0.207. The number of rotatable bonds is 14. The van der Waals surface area contributed by atoms with Crippen molar-refractivity contribution in [3.63, 3.8) is 0 Å². The third kappa shape index (κ3) is 8.26. The second-order valence-electron chi connectivity index (χ2n) is 10.5. The molecule has 2 amide bonds. The fraction of sp³-hybridized carbons (Fsp3) is 0.257. The van der Waals surface area contributed by atoms with Crippen molar-refractivity contribution >= 4 is 27.5 Å². The van der Waals surface area contributed by atoms with Gasteiger partial charge in [-0.25, -0.2) is 8.42 Å². The highest BCUT2D eigenvalue weighted by atomic mass is 32.2. The summed E-state index contributed by atoms with van der Waals surface area (Å²) in [6, 6.07) is 31.0. The van der Waals surface area contributed by atoms with Gasteiger partial charge in [-0.05, 0) is 60.9 Å². The first-order chi connectivity index (χ1) is 21.2.